The molecule has 1 N–H and O–H groups in total. The molecule has 5 heteroatoms. The van der Waals surface area contributed by atoms with Crippen molar-refractivity contribution in [3.63, 3.8) is 0 Å². The summed E-state index contributed by atoms with van der Waals surface area (Å²) in [6, 6.07) is 5.58. The van der Waals surface area contributed by atoms with E-state index in [0.29, 0.717) is 27.6 Å². The maximum atomic E-state index is 6.34. The van der Waals surface area contributed by atoms with E-state index in [1.807, 2.05) is 12.1 Å². The molecule has 2 fully saturated rings. The first-order valence-electron chi connectivity index (χ1n) is 7.65. The van der Waals surface area contributed by atoms with Gasteiger partial charge in [-0.05, 0) is 37.9 Å². The highest BCUT2D eigenvalue weighted by atomic mass is 35.5. The van der Waals surface area contributed by atoms with E-state index in [-0.39, 0.29) is 6.10 Å². The Bertz CT molecular complexity index is 471. The van der Waals surface area contributed by atoms with Gasteiger partial charge in [0, 0.05) is 31.6 Å². The predicted octanol–water partition coefficient (Wildman–Crippen LogP) is 3.78. The van der Waals surface area contributed by atoms with Crippen LogP contribution < -0.4 is 10.1 Å². The Morgan fingerprint density at radius 3 is 2.67 bits per heavy atom. The standard InChI is InChI=1S/C16H21Cl2NO2/c17-13-2-1-3-14(15(13)18)21-16(12-4-7-19-10-12)11-5-8-20-9-6-11/h1-3,11-12,16,19H,4-10H2/t12-,16?/m1/s1. The lowest BCUT2D eigenvalue weighted by molar-refractivity contribution is -0.00129. The van der Waals surface area contributed by atoms with E-state index >= 15 is 0 Å². The summed E-state index contributed by atoms with van der Waals surface area (Å²) in [7, 11) is 0. The SMILES string of the molecule is Clc1cccc(OC(C2CCOCC2)[C@@H]2CCNC2)c1Cl. The number of halogens is 2. The lowest BCUT2D eigenvalue weighted by atomic mass is 9.85. The molecule has 2 saturated heterocycles. The predicted molar refractivity (Wildman–Crippen MR) is 85.4 cm³/mol. The summed E-state index contributed by atoms with van der Waals surface area (Å²) in [5.74, 6) is 1.76. The van der Waals surface area contributed by atoms with Crippen molar-refractivity contribution in [2.75, 3.05) is 26.3 Å². The van der Waals surface area contributed by atoms with Gasteiger partial charge in [-0.2, -0.15) is 0 Å². The van der Waals surface area contributed by atoms with Crippen LogP contribution in [0.5, 0.6) is 5.75 Å². The zero-order valence-corrected chi connectivity index (χ0v) is 13.5. The number of nitrogens with one attached hydrogen (secondary N) is 1. The maximum absolute atomic E-state index is 6.34. The van der Waals surface area contributed by atoms with Crippen molar-refractivity contribution in [2.24, 2.45) is 11.8 Å². The molecule has 1 aromatic rings. The zero-order chi connectivity index (χ0) is 14.7. The zero-order valence-electron chi connectivity index (χ0n) is 12.0. The van der Waals surface area contributed by atoms with Crippen LogP contribution in [0.15, 0.2) is 18.2 Å². The van der Waals surface area contributed by atoms with Crippen LogP contribution in [0.4, 0.5) is 0 Å². The van der Waals surface area contributed by atoms with Crippen molar-refractivity contribution in [3.05, 3.63) is 28.2 Å². The van der Waals surface area contributed by atoms with Gasteiger partial charge < -0.3 is 14.8 Å². The Morgan fingerprint density at radius 1 is 1.14 bits per heavy atom. The fraction of sp³-hybridized carbons (Fsp3) is 0.625. The quantitative estimate of drug-likeness (QED) is 0.911. The van der Waals surface area contributed by atoms with Crippen molar-refractivity contribution in [2.45, 2.75) is 25.4 Å². The van der Waals surface area contributed by atoms with Crippen molar-refractivity contribution in [1.82, 2.24) is 5.32 Å². The van der Waals surface area contributed by atoms with Gasteiger partial charge in [-0.25, -0.2) is 0 Å². The van der Waals surface area contributed by atoms with Gasteiger partial charge in [0.25, 0.3) is 0 Å². The molecule has 0 amide bonds. The summed E-state index contributed by atoms with van der Waals surface area (Å²) in [6.45, 7) is 3.74. The van der Waals surface area contributed by atoms with E-state index in [0.717, 1.165) is 45.6 Å². The van der Waals surface area contributed by atoms with Gasteiger partial charge in [0.2, 0.25) is 0 Å². The van der Waals surface area contributed by atoms with Gasteiger partial charge in [0.1, 0.15) is 16.9 Å². The van der Waals surface area contributed by atoms with Crippen LogP contribution in [0.1, 0.15) is 19.3 Å². The highest BCUT2D eigenvalue weighted by molar-refractivity contribution is 6.42. The summed E-state index contributed by atoms with van der Waals surface area (Å²) < 4.78 is 11.8. The number of rotatable bonds is 4. The summed E-state index contributed by atoms with van der Waals surface area (Å²) >= 11 is 12.4. The third kappa shape index (κ3) is 3.65. The molecule has 21 heavy (non-hydrogen) atoms. The van der Waals surface area contributed by atoms with Crippen molar-refractivity contribution in [1.29, 1.82) is 0 Å². The third-order valence-electron chi connectivity index (χ3n) is 4.47. The van der Waals surface area contributed by atoms with Gasteiger partial charge >= 0.3 is 0 Å². The summed E-state index contributed by atoms with van der Waals surface area (Å²) in [6.07, 6.45) is 3.44. The topological polar surface area (TPSA) is 30.5 Å². The van der Waals surface area contributed by atoms with Crippen LogP contribution in [0.3, 0.4) is 0 Å². The number of benzene rings is 1. The minimum Gasteiger partial charge on any atom is -0.488 e. The van der Waals surface area contributed by atoms with Crippen LogP contribution in [0.25, 0.3) is 0 Å². The van der Waals surface area contributed by atoms with Crippen LogP contribution in [0.2, 0.25) is 10.0 Å². The van der Waals surface area contributed by atoms with Crippen molar-refractivity contribution < 1.29 is 9.47 Å². The van der Waals surface area contributed by atoms with E-state index in [4.69, 9.17) is 32.7 Å². The Kier molecular flexibility index (Phi) is 5.28. The fourth-order valence-corrected chi connectivity index (χ4v) is 3.64. The van der Waals surface area contributed by atoms with E-state index in [1.54, 1.807) is 6.07 Å². The second-order valence-electron chi connectivity index (χ2n) is 5.84. The largest absolute Gasteiger partial charge is 0.488 e. The second-order valence-corrected chi connectivity index (χ2v) is 6.62. The van der Waals surface area contributed by atoms with Gasteiger partial charge in [0.15, 0.2) is 0 Å². The molecule has 3 rings (SSSR count). The van der Waals surface area contributed by atoms with Crippen LogP contribution in [-0.2, 0) is 4.74 Å². The molecule has 2 aliphatic heterocycles. The Balaban J connectivity index is 1.79. The van der Waals surface area contributed by atoms with Crippen molar-refractivity contribution in [3.8, 4) is 5.75 Å². The molecule has 0 spiro atoms. The van der Waals surface area contributed by atoms with Gasteiger partial charge in [0.05, 0.1) is 5.02 Å². The molecule has 0 aromatic heterocycles. The minimum atomic E-state index is 0.180. The summed E-state index contributed by atoms with van der Waals surface area (Å²) in [5.41, 5.74) is 0. The summed E-state index contributed by atoms with van der Waals surface area (Å²) in [5, 5.41) is 4.50. The molecule has 1 aromatic carbocycles. The number of ether oxygens (including phenoxy) is 2. The average Bonchev–Trinajstić information content (AvgIpc) is 3.04. The Morgan fingerprint density at radius 2 is 1.95 bits per heavy atom. The molecular weight excluding hydrogens is 309 g/mol. The highest BCUT2D eigenvalue weighted by Gasteiger charge is 2.34. The molecular formula is C16H21Cl2NO2. The molecule has 3 nitrogen and oxygen atoms in total. The molecule has 2 atom stereocenters. The van der Waals surface area contributed by atoms with E-state index < -0.39 is 0 Å². The van der Waals surface area contributed by atoms with Crippen LogP contribution >= 0.6 is 23.2 Å². The molecule has 2 heterocycles. The smallest absolute Gasteiger partial charge is 0.139 e. The fourth-order valence-electron chi connectivity index (χ4n) is 3.30. The average molecular weight is 330 g/mol. The first-order chi connectivity index (χ1) is 10.3. The molecule has 0 bridgehead atoms. The normalized spacial score (nSPS) is 25.0. The molecule has 116 valence electrons. The van der Waals surface area contributed by atoms with E-state index in [9.17, 15) is 0 Å². The molecule has 0 aliphatic carbocycles. The molecule has 0 radical (unpaired) electrons. The number of hydrogen-bond donors (Lipinski definition) is 1. The summed E-state index contributed by atoms with van der Waals surface area (Å²) in [4.78, 5) is 0. The Labute approximate surface area is 135 Å². The first-order valence-corrected chi connectivity index (χ1v) is 8.40. The second kappa shape index (κ2) is 7.19. The van der Waals surface area contributed by atoms with Crippen molar-refractivity contribution >= 4 is 23.2 Å². The van der Waals surface area contributed by atoms with E-state index in [1.165, 1.54) is 0 Å². The monoisotopic (exact) mass is 329 g/mol. The Hall–Kier alpha value is -0.480. The lowest BCUT2D eigenvalue weighted by Gasteiger charge is -2.34. The van der Waals surface area contributed by atoms with Gasteiger partial charge in [-0.15, -0.1) is 0 Å². The van der Waals surface area contributed by atoms with Crippen LogP contribution in [-0.4, -0.2) is 32.4 Å². The third-order valence-corrected chi connectivity index (χ3v) is 5.27. The highest BCUT2D eigenvalue weighted by Crippen LogP contribution is 2.36. The first kappa shape index (κ1) is 15.4. The molecule has 2 aliphatic rings. The lowest BCUT2D eigenvalue weighted by Crippen LogP contribution is -2.39. The van der Waals surface area contributed by atoms with E-state index in [2.05, 4.69) is 5.32 Å². The molecule has 1 unspecified atom stereocenters. The van der Waals surface area contributed by atoms with Gasteiger partial charge in [-0.1, -0.05) is 29.3 Å². The maximum Gasteiger partial charge on any atom is 0.139 e. The van der Waals surface area contributed by atoms with Gasteiger partial charge in [-0.3, -0.25) is 0 Å². The van der Waals surface area contributed by atoms with Crippen LogP contribution in [0, 0.1) is 11.8 Å². The minimum absolute atomic E-state index is 0.180. The number of hydrogen-bond acceptors (Lipinski definition) is 3. The molecule has 0 saturated carbocycles.